The fraction of sp³-hybridized carbons (Fsp3) is 0.500. The molecule has 1 unspecified atom stereocenters. The highest BCUT2D eigenvalue weighted by molar-refractivity contribution is 9.10. The van der Waals surface area contributed by atoms with E-state index < -0.39 is 0 Å². The molecular weight excluding hydrogens is 282 g/mol. The van der Waals surface area contributed by atoms with E-state index in [1.807, 2.05) is 6.07 Å². The molecule has 1 aliphatic heterocycles. The van der Waals surface area contributed by atoms with Crippen LogP contribution in [0.3, 0.4) is 0 Å². The SMILES string of the molecule is O=C(NCCC1CCCN1)c1ccc(Br)cn1. The first-order valence-electron chi connectivity index (χ1n) is 5.89. The Bertz CT molecular complexity index is 374. The summed E-state index contributed by atoms with van der Waals surface area (Å²) in [5, 5.41) is 6.29. The van der Waals surface area contributed by atoms with Crippen LogP contribution in [0, 0.1) is 0 Å². The van der Waals surface area contributed by atoms with Crippen LogP contribution in [-0.4, -0.2) is 30.0 Å². The van der Waals surface area contributed by atoms with Gasteiger partial charge in [0, 0.05) is 23.3 Å². The van der Waals surface area contributed by atoms with Crippen molar-refractivity contribution in [2.75, 3.05) is 13.1 Å². The number of hydrogen-bond acceptors (Lipinski definition) is 3. The molecule has 2 heterocycles. The Kier molecular flexibility index (Phi) is 4.50. The number of nitrogens with zero attached hydrogens (tertiary/aromatic N) is 1. The molecule has 1 aromatic heterocycles. The molecule has 0 saturated carbocycles. The zero-order chi connectivity index (χ0) is 12.1. The van der Waals surface area contributed by atoms with Gasteiger partial charge in [-0.25, -0.2) is 4.98 Å². The van der Waals surface area contributed by atoms with Crippen molar-refractivity contribution in [2.24, 2.45) is 0 Å². The molecule has 1 atom stereocenters. The summed E-state index contributed by atoms with van der Waals surface area (Å²) >= 11 is 3.29. The third-order valence-corrected chi connectivity index (χ3v) is 3.37. The number of rotatable bonds is 4. The van der Waals surface area contributed by atoms with Gasteiger partial charge < -0.3 is 10.6 Å². The van der Waals surface area contributed by atoms with E-state index in [0.717, 1.165) is 17.4 Å². The van der Waals surface area contributed by atoms with Gasteiger partial charge in [-0.1, -0.05) is 0 Å². The zero-order valence-corrected chi connectivity index (χ0v) is 11.2. The Morgan fingerprint density at radius 1 is 1.59 bits per heavy atom. The van der Waals surface area contributed by atoms with Gasteiger partial charge in [-0.15, -0.1) is 0 Å². The van der Waals surface area contributed by atoms with E-state index >= 15 is 0 Å². The summed E-state index contributed by atoms with van der Waals surface area (Å²) in [4.78, 5) is 15.8. The van der Waals surface area contributed by atoms with E-state index in [-0.39, 0.29) is 5.91 Å². The van der Waals surface area contributed by atoms with Crippen LogP contribution >= 0.6 is 15.9 Å². The Hall–Kier alpha value is -0.940. The topological polar surface area (TPSA) is 54.0 Å². The number of carbonyl (C=O) groups excluding carboxylic acids is 1. The van der Waals surface area contributed by atoms with Gasteiger partial charge in [0.2, 0.25) is 0 Å². The average Bonchev–Trinajstić information content (AvgIpc) is 2.83. The standard InChI is InChI=1S/C12H16BrN3O/c13-9-3-4-11(16-8-9)12(17)15-7-5-10-2-1-6-14-10/h3-4,8,10,14H,1-2,5-7H2,(H,15,17). The van der Waals surface area contributed by atoms with Crippen molar-refractivity contribution in [1.82, 2.24) is 15.6 Å². The van der Waals surface area contributed by atoms with Crippen molar-refractivity contribution in [3.8, 4) is 0 Å². The number of hydrogen-bond donors (Lipinski definition) is 2. The maximum Gasteiger partial charge on any atom is 0.269 e. The molecule has 2 N–H and O–H groups in total. The number of amides is 1. The van der Waals surface area contributed by atoms with Gasteiger partial charge in [0.05, 0.1) is 0 Å². The Morgan fingerprint density at radius 3 is 3.12 bits per heavy atom. The van der Waals surface area contributed by atoms with Crippen molar-refractivity contribution < 1.29 is 4.79 Å². The number of halogens is 1. The maximum atomic E-state index is 11.7. The molecule has 0 spiro atoms. The summed E-state index contributed by atoms with van der Waals surface area (Å²) in [6.07, 6.45) is 5.08. The van der Waals surface area contributed by atoms with Gasteiger partial charge in [0.1, 0.15) is 5.69 Å². The minimum Gasteiger partial charge on any atom is -0.351 e. The van der Waals surface area contributed by atoms with Crippen LogP contribution in [0.15, 0.2) is 22.8 Å². The maximum absolute atomic E-state index is 11.7. The first-order chi connectivity index (χ1) is 8.25. The van der Waals surface area contributed by atoms with E-state index in [9.17, 15) is 4.79 Å². The Balaban J connectivity index is 1.75. The van der Waals surface area contributed by atoms with E-state index in [2.05, 4.69) is 31.5 Å². The van der Waals surface area contributed by atoms with Crippen molar-refractivity contribution in [3.63, 3.8) is 0 Å². The third-order valence-electron chi connectivity index (χ3n) is 2.90. The van der Waals surface area contributed by atoms with Crippen molar-refractivity contribution in [2.45, 2.75) is 25.3 Å². The normalized spacial score (nSPS) is 19.2. The summed E-state index contributed by atoms with van der Waals surface area (Å²) in [6.45, 7) is 1.81. The van der Waals surface area contributed by atoms with E-state index in [1.165, 1.54) is 12.8 Å². The molecule has 0 aliphatic carbocycles. The molecule has 17 heavy (non-hydrogen) atoms. The largest absolute Gasteiger partial charge is 0.351 e. The lowest BCUT2D eigenvalue weighted by Crippen LogP contribution is -2.30. The second-order valence-corrected chi connectivity index (χ2v) is 5.12. The second-order valence-electron chi connectivity index (χ2n) is 4.20. The molecule has 0 radical (unpaired) electrons. The first-order valence-corrected chi connectivity index (χ1v) is 6.68. The predicted octanol–water partition coefficient (Wildman–Crippen LogP) is 1.72. The number of nitrogens with one attached hydrogen (secondary N) is 2. The van der Waals surface area contributed by atoms with Gasteiger partial charge in [-0.2, -0.15) is 0 Å². The Morgan fingerprint density at radius 2 is 2.47 bits per heavy atom. The molecule has 0 aromatic carbocycles. The van der Waals surface area contributed by atoms with Crippen molar-refractivity contribution in [1.29, 1.82) is 0 Å². The summed E-state index contributed by atoms with van der Waals surface area (Å²) in [7, 11) is 0. The van der Waals surface area contributed by atoms with Crippen molar-refractivity contribution in [3.05, 3.63) is 28.5 Å². The molecule has 1 saturated heterocycles. The molecule has 1 amide bonds. The minimum atomic E-state index is -0.101. The summed E-state index contributed by atoms with van der Waals surface area (Å²) < 4.78 is 0.879. The highest BCUT2D eigenvalue weighted by Crippen LogP contribution is 2.09. The number of pyridine rings is 1. The van der Waals surface area contributed by atoms with Crippen LogP contribution < -0.4 is 10.6 Å². The highest BCUT2D eigenvalue weighted by Gasteiger charge is 2.14. The predicted molar refractivity (Wildman–Crippen MR) is 69.9 cm³/mol. The van der Waals surface area contributed by atoms with Gasteiger partial charge >= 0.3 is 0 Å². The molecule has 1 fully saturated rings. The molecule has 5 heteroatoms. The van der Waals surface area contributed by atoms with Gasteiger partial charge in [0.25, 0.3) is 5.91 Å². The van der Waals surface area contributed by atoms with Crippen LogP contribution in [0.5, 0.6) is 0 Å². The van der Waals surface area contributed by atoms with Crippen molar-refractivity contribution >= 4 is 21.8 Å². The molecule has 92 valence electrons. The van der Waals surface area contributed by atoms with E-state index in [0.29, 0.717) is 18.3 Å². The van der Waals surface area contributed by atoms with Gasteiger partial charge in [-0.3, -0.25) is 4.79 Å². The van der Waals surface area contributed by atoms with Crippen LogP contribution in [0.1, 0.15) is 29.8 Å². The third kappa shape index (κ3) is 3.78. The fourth-order valence-electron chi connectivity index (χ4n) is 1.96. The van der Waals surface area contributed by atoms with Crippen LogP contribution in [0.4, 0.5) is 0 Å². The average molecular weight is 298 g/mol. The summed E-state index contributed by atoms with van der Waals surface area (Å²) in [5.74, 6) is -0.101. The molecular formula is C12H16BrN3O. The molecule has 1 aliphatic rings. The lowest BCUT2D eigenvalue weighted by molar-refractivity contribution is 0.0947. The lowest BCUT2D eigenvalue weighted by atomic mass is 10.1. The summed E-state index contributed by atoms with van der Waals surface area (Å²) in [5.41, 5.74) is 0.465. The molecule has 1 aromatic rings. The van der Waals surface area contributed by atoms with E-state index in [1.54, 1.807) is 12.3 Å². The molecule has 4 nitrogen and oxygen atoms in total. The highest BCUT2D eigenvalue weighted by atomic mass is 79.9. The van der Waals surface area contributed by atoms with Gasteiger partial charge in [0.15, 0.2) is 0 Å². The smallest absolute Gasteiger partial charge is 0.269 e. The summed E-state index contributed by atoms with van der Waals surface area (Å²) in [6, 6.07) is 4.10. The Labute approximate surface area is 109 Å². The number of aromatic nitrogens is 1. The monoisotopic (exact) mass is 297 g/mol. The zero-order valence-electron chi connectivity index (χ0n) is 9.58. The first kappa shape index (κ1) is 12.5. The molecule has 0 bridgehead atoms. The minimum absolute atomic E-state index is 0.101. The van der Waals surface area contributed by atoms with E-state index in [4.69, 9.17) is 0 Å². The van der Waals surface area contributed by atoms with Crippen LogP contribution in [0.25, 0.3) is 0 Å². The van der Waals surface area contributed by atoms with Crippen LogP contribution in [0.2, 0.25) is 0 Å². The number of carbonyl (C=O) groups is 1. The second kappa shape index (κ2) is 6.12. The fourth-order valence-corrected chi connectivity index (χ4v) is 2.20. The lowest BCUT2D eigenvalue weighted by Gasteiger charge is -2.10. The van der Waals surface area contributed by atoms with Gasteiger partial charge in [-0.05, 0) is 53.9 Å². The van der Waals surface area contributed by atoms with Crippen LogP contribution in [-0.2, 0) is 0 Å². The molecule has 2 rings (SSSR count). The quantitative estimate of drug-likeness (QED) is 0.890.